The van der Waals surface area contributed by atoms with E-state index in [4.69, 9.17) is 9.97 Å². The number of nitrogens with zero attached hydrogens (tertiary/aromatic N) is 2. The van der Waals surface area contributed by atoms with E-state index in [1.165, 1.54) is 76.5 Å². The fourth-order valence-electron chi connectivity index (χ4n) is 9.49. The smallest absolute Gasteiger partial charge is 0.160 e. The monoisotopic (exact) mass is 812 g/mol. The number of fused-ring (bicyclic) bond motifs is 5. The van der Waals surface area contributed by atoms with Crippen molar-refractivity contribution in [3.63, 3.8) is 0 Å². The summed E-state index contributed by atoms with van der Waals surface area (Å²) in [7, 11) is 0. The van der Waals surface area contributed by atoms with E-state index in [1.807, 2.05) is 18.2 Å². The number of hydrogen-bond donors (Lipinski definition) is 0. The summed E-state index contributed by atoms with van der Waals surface area (Å²) in [4.78, 5) is 10.2. The van der Waals surface area contributed by atoms with E-state index in [9.17, 15) is 0 Å². The third kappa shape index (κ3) is 6.70. The molecule has 2 heteroatoms. The van der Waals surface area contributed by atoms with Crippen molar-refractivity contribution in [2.45, 2.75) is 0 Å². The molecule has 0 amide bonds. The summed E-state index contributed by atoms with van der Waals surface area (Å²) >= 11 is 0. The van der Waals surface area contributed by atoms with Crippen LogP contribution in [0.1, 0.15) is 0 Å². The first-order valence-corrected chi connectivity index (χ1v) is 21.9. The lowest BCUT2D eigenvalue weighted by molar-refractivity contribution is 1.18. The zero-order valence-electron chi connectivity index (χ0n) is 35.0. The van der Waals surface area contributed by atoms with Crippen molar-refractivity contribution in [2.24, 2.45) is 0 Å². The second-order valence-corrected chi connectivity index (χ2v) is 16.5. The van der Waals surface area contributed by atoms with Crippen LogP contribution in [0.15, 0.2) is 243 Å². The molecule has 11 aromatic carbocycles. The van der Waals surface area contributed by atoms with Crippen LogP contribution in [0.2, 0.25) is 0 Å². The minimum absolute atomic E-state index is 0.705. The van der Waals surface area contributed by atoms with Gasteiger partial charge in [0.05, 0.1) is 11.4 Å². The van der Waals surface area contributed by atoms with Crippen molar-refractivity contribution in [2.75, 3.05) is 0 Å². The molecule has 0 N–H and O–H groups in total. The Hall–Kier alpha value is -8.46. The predicted octanol–water partition coefficient (Wildman–Crippen LogP) is 16.8. The number of rotatable bonds is 7. The normalized spacial score (nSPS) is 11.4. The lowest BCUT2D eigenvalue weighted by Gasteiger charge is -2.19. The van der Waals surface area contributed by atoms with Gasteiger partial charge in [-0.3, -0.25) is 0 Å². The summed E-state index contributed by atoms with van der Waals surface area (Å²) in [5, 5.41) is 10.0. The Balaban J connectivity index is 0.906. The second-order valence-electron chi connectivity index (χ2n) is 16.5. The van der Waals surface area contributed by atoms with Crippen LogP contribution in [0.25, 0.3) is 122 Å². The topological polar surface area (TPSA) is 25.8 Å². The average Bonchev–Trinajstić information content (AvgIpc) is 3.38. The molecule has 0 aliphatic carbocycles. The molecule has 0 unspecified atom stereocenters. The zero-order valence-corrected chi connectivity index (χ0v) is 35.0. The largest absolute Gasteiger partial charge is 0.228 e. The van der Waals surface area contributed by atoms with Gasteiger partial charge in [-0.25, -0.2) is 9.97 Å². The predicted molar refractivity (Wildman–Crippen MR) is 270 cm³/mol. The molecule has 0 atom stereocenters. The lowest BCUT2D eigenvalue weighted by Crippen LogP contribution is -1.96. The van der Waals surface area contributed by atoms with Gasteiger partial charge in [-0.1, -0.05) is 231 Å². The molecule has 0 bridgehead atoms. The summed E-state index contributed by atoms with van der Waals surface area (Å²) < 4.78 is 0. The maximum atomic E-state index is 5.13. The Kier molecular flexibility index (Phi) is 9.20. The maximum Gasteiger partial charge on any atom is 0.160 e. The fraction of sp³-hybridized carbons (Fsp3) is 0. The molecule has 0 radical (unpaired) electrons. The minimum Gasteiger partial charge on any atom is -0.228 e. The quantitative estimate of drug-likeness (QED) is 0.118. The van der Waals surface area contributed by atoms with Crippen molar-refractivity contribution in [3.8, 4) is 78.4 Å². The van der Waals surface area contributed by atoms with Crippen LogP contribution >= 0.6 is 0 Å². The van der Waals surface area contributed by atoms with Gasteiger partial charge in [-0.05, 0) is 99.7 Å². The van der Waals surface area contributed by atoms with E-state index in [1.54, 1.807) is 0 Å². The van der Waals surface area contributed by atoms with Crippen LogP contribution in [0.3, 0.4) is 0 Å². The Bertz CT molecular complexity index is 3670. The Morgan fingerprint density at radius 2 is 0.641 bits per heavy atom. The summed E-state index contributed by atoms with van der Waals surface area (Å²) in [6.07, 6.45) is 0. The van der Waals surface area contributed by atoms with Crippen LogP contribution < -0.4 is 0 Å². The molecule has 1 aromatic heterocycles. The van der Waals surface area contributed by atoms with Gasteiger partial charge in [0.2, 0.25) is 0 Å². The van der Waals surface area contributed by atoms with Crippen LogP contribution in [0.5, 0.6) is 0 Å². The Labute approximate surface area is 372 Å². The highest BCUT2D eigenvalue weighted by Gasteiger charge is 2.19. The number of aromatic nitrogens is 2. The van der Waals surface area contributed by atoms with Gasteiger partial charge in [-0.15, -0.1) is 0 Å². The molecular formula is C62H40N2. The van der Waals surface area contributed by atoms with Crippen molar-refractivity contribution in [1.29, 1.82) is 0 Å². The van der Waals surface area contributed by atoms with Gasteiger partial charge in [0.25, 0.3) is 0 Å². The Morgan fingerprint density at radius 1 is 0.219 bits per heavy atom. The average molecular weight is 813 g/mol. The third-order valence-electron chi connectivity index (χ3n) is 12.7. The van der Waals surface area contributed by atoms with E-state index in [0.29, 0.717) is 5.82 Å². The van der Waals surface area contributed by atoms with Gasteiger partial charge in [0, 0.05) is 16.7 Å². The van der Waals surface area contributed by atoms with Gasteiger partial charge >= 0.3 is 0 Å². The van der Waals surface area contributed by atoms with Gasteiger partial charge in [-0.2, -0.15) is 0 Å². The van der Waals surface area contributed by atoms with Crippen LogP contribution in [0, 0.1) is 0 Å². The van der Waals surface area contributed by atoms with E-state index < -0.39 is 0 Å². The van der Waals surface area contributed by atoms with Crippen LogP contribution in [-0.4, -0.2) is 9.97 Å². The van der Waals surface area contributed by atoms with E-state index in [0.717, 1.165) is 39.2 Å². The standard InChI is InChI=1S/C62H40N2/c1-3-15-48(16-4-1)59-54-21-11-12-22-55(54)60(61-53-20-10-9-14-45(53)37-38-56(59)61)49-34-27-43(28-35-49)42-23-30-46(31-24-42)57-40-58(64-62(63-57)50-17-5-2-6-18-50)47-32-25-44(26-33-47)52-36-29-41-13-7-8-19-51(41)39-52/h1-40H. The van der Waals surface area contributed by atoms with Crippen molar-refractivity contribution in [3.05, 3.63) is 243 Å². The van der Waals surface area contributed by atoms with Gasteiger partial charge < -0.3 is 0 Å². The molecule has 64 heavy (non-hydrogen) atoms. The number of hydrogen-bond acceptors (Lipinski definition) is 2. The molecule has 298 valence electrons. The van der Waals surface area contributed by atoms with Gasteiger partial charge in [0.15, 0.2) is 5.82 Å². The van der Waals surface area contributed by atoms with E-state index in [2.05, 4.69) is 224 Å². The molecule has 2 nitrogen and oxygen atoms in total. The van der Waals surface area contributed by atoms with Crippen LogP contribution in [-0.2, 0) is 0 Å². The highest BCUT2D eigenvalue weighted by atomic mass is 14.9. The first kappa shape index (κ1) is 37.3. The minimum atomic E-state index is 0.705. The number of benzene rings is 11. The van der Waals surface area contributed by atoms with Gasteiger partial charge in [0.1, 0.15) is 0 Å². The second kappa shape index (κ2) is 15.8. The first-order valence-electron chi connectivity index (χ1n) is 21.9. The highest BCUT2D eigenvalue weighted by Crippen LogP contribution is 2.46. The van der Waals surface area contributed by atoms with E-state index >= 15 is 0 Å². The summed E-state index contributed by atoms with van der Waals surface area (Å²) in [6.45, 7) is 0. The molecule has 1 heterocycles. The van der Waals surface area contributed by atoms with E-state index in [-0.39, 0.29) is 0 Å². The molecular weight excluding hydrogens is 773 g/mol. The summed E-state index contributed by atoms with van der Waals surface area (Å²) in [5.74, 6) is 0.705. The van der Waals surface area contributed by atoms with Crippen LogP contribution in [0.4, 0.5) is 0 Å². The fourth-order valence-corrected chi connectivity index (χ4v) is 9.49. The molecule has 0 fully saturated rings. The molecule has 12 rings (SSSR count). The lowest BCUT2D eigenvalue weighted by atomic mass is 9.84. The Morgan fingerprint density at radius 3 is 1.27 bits per heavy atom. The molecule has 0 saturated heterocycles. The maximum absolute atomic E-state index is 5.13. The summed E-state index contributed by atoms with van der Waals surface area (Å²) in [6, 6.07) is 87.2. The molecule has 0 saturated carbocycles. The molecule has 0 aliphatic rings. The first-order chi connectivity index (χ1) is 31.7. The zero-order chi connectivity index (χ0) is 42.4. The summed E-state index contributed by atoms with van der Waals surface area (Å²) in [5.41, 5.74) is 14.5. The van der Waals surface area contributed by atoms with Crippen molar-refractivity contribution >= 4 is 43.1 Å². The van der Waals surface area contributed by atoms with Crippen molar-refractivity contribution in [1.82, 2.24) is 9.97 Å². The molecule has 0 spiro atoms. The molecule has 12 aromatic rings. The molecule has 0 aliphatic heterocycles. The third-order valence-corrected chi connectivity index (χ3v) is 12.7. The SMILES string of the molecule is c1ccc(-c2nc(-c3ccc(-c4ccc(-c5c6ccccc6c(-c6ccccc6)c6ccc7ccccc7c56)cc4)cc3)cc(-c3ccc(-c4ccc5ccccc5c4)cc3)n2)cc1. The highest BCUT2D eigenvalue weighted by molar-refractivity contribution is 6.27. The van der Waals surface area contributed by atoms with Crippen molar-refractivity contribution < 1.29 is 0 Å².